The van der Waals surface area contributed by atoms with Crippen LogP contribution in [-0.4, -0.2) is 40.8 Å². The standard InChI is InChI=1S/C11H10ClF3N2O3/c12-7-3-6(11(13,14)15)4-16-9(7)8-5-20-2-1-17(8)10(18)19/h3-4,8H,1-2,5H2,(H,18,19). The third-order valence-corrected chi connectivity index (χ3v) is 3.19. The maximum Gasteiger partial charge on any atom is 0.417 e. The van der Waals surface area contributed by atoms with Gasteiger partial charge < -0.3 is 9.84 Å². The zero-order valence-corrected chi connectivity index (χ0v) is 10.8. The molecule has 1 fully saturated rings. The summed E-state index contributed by atoms with van der Waals surface area (Å²) in [6.45, 7) is 0.338. The smallest absolute Gasteiger partial charge is 0.417 e. The molecule has 0 spiro atoms. The molecule has 20 heavy (non-hydrogen) atoms. The van der Waals surface area contributed by atoms with E-state index in [2.05, 4.69) is 4.98 Å². The summed E-state index contributed by atoms with van der Waals surface area (Å²) in [4.78, 5) is 15.8. The summed E-state index contributed by atoms with van der Waals surface area (Å²) < 4.78 is 42.7. The molecule has 1 aliphatic heterocycles. The van der Waals surface area contributed by atoms with Crippen molar-refractivity contribution < 1.29 is 27.8 Å². The van der Waals surface area contributed by atoms with Crippen molar-refractivity contribution in [1.82, 2.24) is 9.88 Å². The van der Waals surface area contributed by atoms with Crippen LogP contribution in [-0.2, 0) is 10.9 Å². The highest BCUT2D eigenvalue weighted by Gasteiger charge is 2.35. The van der Waals surface area contributed by atoms with Gasteiger partial charge in [-0.3, -0.25) is 9.88 Å². The predicted molar refractivity (Wildman–Crippen MR) is 62.5 cm³/mol. The zero-order chi connectivity index (χ0) is 14.9. The van der Waals surface area contributed by atoms with E-state index in [9.17, 15) is 18.0 Å². The van der Waals surface area contributed by atoms with Gasteiger partial charge in [-0.1, -0.05) is 11.6 Å². The van der Waals surface area contributed by atoms with Crippen LogP contribution >= 0.6 is 11.6 Å². The molecule has 1 unspecified atom stereocenters. The third kappa shape index (κ3) is 2.96. The van der Waals surface area contributed by atoms with Crippen LogP contribution in [0.2, 0.25) is 5.02 Å². The molecule has 0 radical (unpaired) electrons. The van der Waals surface area contributed by atoms with Crippen LogP contribution in [0.1, 0.15) is 17.3 Å². The van der Waals surface area contributed by atoms with Crippen LogP contribution in [0.4, 0.5) is 18.0 Å². The Labute approximate surface area is 116 Å². The highest BCUT2D eigenvalue weighted by atomic mass is 35.5. The number of ether oxygens (including phenoxy) is 1. The fourth-order valence-electron chi connectivity index (χ4n) is 1.91. The Morgan fingerprint density at radius 1 is 1.55 bits per heavy atom. The molecule has 0 aromatic carbocycles. The second kappa shape index (κ2) is 5.45. The van der Waals surface area contributed by atoms with Crippen molar-refractivity contribution in [1.29, 1.82) is 0 Å². The number of hydrogen-bond donors (Lipinski definition) is 1. The van der Waals surface area contributed by atoms with Crippen LogP contribution in [0.3, 0.4) is 0 Å². The average Bonchev–Trinajstić information content (AvgIpc) is 2.37. The Morgan fingerprint density at radius 2 is 2.25 bits per heavy atom. The summed E-state index contributed by atoms with van der Waals surface area (Å²) in [5.41, 5.74) is -0.924. The number of nitrogens with zero attached hydrogens (tertiary/aromatic N) is 2. The fraction of sp³-hybridized carbons (Fsp3) is 0.455. The number of carbonyl (C=O) groups is 1. The van der Waals surface area contributed by atoms with Crippen molar-refractivity contribution in [2.24, 2.45) is 0 Å². The first kappa shape index (κ1) is 14.9. The predicted octanol–water partition coefficient (Wildman–Crippen LogP) is 2.81. The molecule has 1 amide bonds. The summed E-state index contributed by atoms with van der Waals surface area (Å²) in [6.07, 6.45) is -5.11. The van der Waals surface area contributed by atoms with Crippen molar-refractivity contribution in [3.05, 3.63) is 28.5 Å². The topological polar surface area (TPSA) is 62.7 Å². The van der Waals surface area contributed by atoms with Crippen molar-refractivity contribution in [2.75, 3.05) is 19.8 Å². The lowest BCUT2D eigenvalue weighted by molar-refractivity contribution is -0.137. The van der Waals surface area contributed by atoms with E-state index in [0.29, 0.717) is 6.20 Å². The maximum atomic E-state index is 12.5. The summed E-state index contributed by atoms with van der Waals surface area (Å²) in [5.74, 6) is 0. The number of aromatic nitrogens is 1. The number of morpholine rings is 1. The lowest BCUT2D eigenvalue weighted by Gasteiger charge is -2.33. The van der Waals surface area contributed by atoms with E-state index in [1.54, 1.807) is 0 Å². The minimum Gasteiger partial charge on any atom is -0.465 e. The number of halogens is 4. The molecule has 1 aliphatic rings. The second-order valence-electron chi connectivity index (χ2n) is 4.16. The number of carboxylic acid groups (broad SMARTS) is 1. The monoisotopic (exact) mass is 310 g/mol. The SMILES string of the molecule is O=C(O)N1CCOCC1c1ncc(C(F)(F)F)cc1Cl. The Balaban J connectivity index is 2.34. The average molecular weight is 311 g/mol. The second-order valence-corrected chi connectivity index (χ2v) is 4.56. The number of hydrogen-bond acceptors (Lipinski definition) is 3. The fourth-order valence-corrected chi connectivity index (χ4v) is 2.20. The molecule has 5 nitrogen and oxygen atoms in total. The number of pyridine rings is 1. The first-order valence-corrected chi connectivity index (χ1v) is 5.98. The molecule has 9 heteroatoms. The van der Waals surface area contributed by atoms with Gasteiger partial charge in [0.05, 0.1) is 29.5 Å². The molecule has 1 atom stereocenters. The van der Waals surface area contributed by atoms with Gasteiger partial charge in [0.2, 0.25) is 0 Å². The van der Waals surface area contributed by atoms with Gasteiger partial charge in [0, 0.05) is 12.7 Å². The first-order valence-electron chi connectivity index (χ1n) is 5.60. The van der Waals surface area contributed by atoms with Crippen molar-refractivity contribution in [3.63, 3.8) is 0 Å². The molecule has 2 rings (SSSR count). The molecule has 0 aliphatic carbocycles. The van der Waals surface area contributed by atoms with Crippen LogP contribution in [0.5, 0.6) is 0 Å². The first-order chi connectivity index (χ1) is 9.30. The van der Waals surface area contributed by atoms with Gasteiger partial charge in [0.25, 0.3) is 0 Å². The number of rotatable bonds is 1. The number of alkyl halides is 3. The molecular weight excluding hydrogens is 301 g/mol. The maximum absolute atomic E-state index is 12.5. The van der Waals surface area contributed by atoms with E-state index in [-0.39, 0.29) is 30.5 Å². The Kier molecular flexibility index (Phi) is 4.05. The highest BCUT2D eigenvalue weighted by molar-refractivity contribution is 6.31. The Morgan fingerprint density at radius 3 is 2.80 bits per heavy atom. The molecule has 110 valence electrons. The van der Waals surface area contributed by atoms with E-state index in [0.717, 1.165) is 11.0 Å². The van der Waals surface area contributed by atoms with Gasteiger partial charge in [0.1, 0.15) is 6.04 Å². The molecule has 1 saturated heterocycles. The van der Waals surface area contributed by atoms with Crippen LogP contribution in [0.15, 0.2) is 12.3 Å². The lowest BCUT2D eigenvalue weighted by atomic mass is 10.1. The van der Waals surface area contributed by atoms with Gasteiger partial charge in [-0.15, -0.1) is 0 Å². The third-order valence-electron chi connectivity index (χ3n) is 2.89. The minimum atomic E-state index is -4.55. The number of amides is 1. The normalized spacial score (nSPS) is 20.0. The molecule has 1 aromatic rings. The molecule has 1 N–H and O–H groups in total. The molecule has 0 bridgehead atoms. The van der Waals surface area contributed by atoms with Gasteiger partial charge in [-0.25, -0.2) is 4.79 Å². The lowest BCUT2D eigenvalue weighted by Crippen LogP contribution is -2.43. The molecular formula is C11H10ClF3N2O3. The van der Waals surface area contributed by atoms with Crippen LogP contribution < -0.4 is 0 Å². The Hall–Kier alpha value is -1.54. The minimum absolute atomic E-state index is 0.00435. The quantitative estimate of drug-likeness (QED) is 0.866. The summed E-state index contributed by atoms with van der Waals surface area (Å²) in [6, 6.07) is -0.0746. The van der Waals surface area contributed by atoms with Gasteiger partial charge >= 0.3 is 12.3 Å². The van der Waals surface area contributed by atoms with Crippen LogP contribution in [0, 0.1) is 0 Å². The Bertz CT molecular complexity index is 524. The molecule has 1 aromatic heterocycles. The molecule has 2 heterocycles. The van der Waals surface area contributed by atoms with E-state index < -0.39 is 23.9 Å². The summed E-state index contributed by atoms with van der Waals surface area (Å²) in [7, 11) is 0. The van der Waals surface area contributed by atoms with Crippen molar-refractivity contribution in [2.45, 2.75) is 12.2 Å². The summed E-state index contributed by atoms with van der Waals surface area (Å²) >= 11 is 5.80. The van der Waals surface area contributed by atoms with Gasteiger partial charge in [-0.05, 0) is 6.07 Å². The van der Waals surface area contributed by atoms with Crippen molar-refractivity contribution >= 4 is 17.7 Å². The van der Waals surface area contributed by atoms with Gasteiger partial charge in [-0.2, -0.15) is 13.2 Å². The molecule has 0 saturated carbocycles. The van der Waals surface area contributed by atoms with E-state index >= 15 is 0 Å². The van der Waals surface area contributed by atoms with Crippen LogP contribution in [0.25, 0.3) is 0 Å². The zero-order valence-electron chi connectivity index (χ0n) is 10.0. The summed E-state index contributed by atoms with van der Waals surface area (Å²) in [5, 5.41) is 8.83. The van der Waals surface area contributed by atoms with Gasteiger partial charge in [0.15, 0.2) is 0 Å². The highest BCUT2D eigenvalue weighted by Crippen LogP contribution is 2.34. The van der Waals surface area contributed by atoms with E-state index in [4.69, 9.17) is 21.4 Å². The largest absolute Gasteiger partial charge is 0.465 e. The van der Waals surface area contributed by atoms with E-state index in [1.807, 2.05) is 0 Å². The van der Waals surface area contributed by atoms with Crippen molar-refractivity contribution in [3.8, 4) is 0 Å². The van der Waals surface area contributed by atoms with E-state index in [1.165, 1.54) is 0 Å².